The minimum absolute atomic E-state index is 0.0871. The molecule has 0 fully saturated rings. The van der Waals surface area contributed by atoms with E-state index in [1.807, 2.05) is 0 Å². The summed E-state index contributed by atoms with van der Waals surface area (Å²) in [4.78, 5) is 11.9. The highest BCUT2D eigenvalue weighted by atomic mass is 35.5. The molecule has 2 rings (SSSR count). The molecule has 0 saturated carbocycles. The number of hydrogen-bond donors (Lipinski definition) is 1. The first kappa shape index (κ1) is 11.5. The van der Waals surface area contributed by atoms with E-state index < -0.39 is 16.6 Å². The third kappa shape index (κ3) is 1.97. The van der Waals surface area contributed by atoms with Gasteiger partial charge >= 0.3 is 0 Å². The fourth-order valence-corrected chi connectivity index (χ4v) is 3.08. The van der Waals surface area contributed by atoms with Gasteiger partial charge in [0, 0.05) is 17.7 Å². The van der Waals surface area contributed by atoms with Crippen molar-refractivity contribution in [2.75, 3.05) is 11.1 Å². The average Bonchev–Trinajstić information content (AvgIpc) is 2.30. The van der Waals surface area contributed by atoms with Crippen LogP contribution in [0.4, 0.5) is 10.1 Å². The Kier molecular flexibility index (Phi) is 2.99. The summed E-state index contributed by atoms with van der Waals surface area (Å²) in [6.45, 7) is 1.68. The van der Waals surface area contributed by atoms with Crippen LogP contribution in [0.5, 0.6) is 0 Å². The van der Waals surface area contributed by atoms with E-state index in [-0.39, 0.29) is 28.3 Å². The van der Waals surface area contributed by atoms with Gasteiger partial charge in [-0.2, -0.15) is 0 Å². The summed E-state index contributed by atoms with van der Waals surface area (Å²) in [5.74, 6) is -1.03. The van der Waals surface area contributed by atoms with E-state index in [1.54, 1.807) is 6.92 Å². The number of anilines is 1. The molecule has 0 aromatic heterocycles. The lowest BCUT2D eigenvalue weighted by molar-refractivity contribution is -0.118. The number of nitrogens with one attached hydrogen (secondary N) is 1. The van der Waals surface area contributed by atoms with Crippen molar-refractivity contribution in [2.45, 2.75) is 11.8 Å². The predicted octanol–water partition coefficient (Wildman–Crippen LogP) is 2.17. The molecule has 1 aromatic rings. The Morgan fingerprint density at radius 3 is 2.94 bits per heavy atom. The van der Waals surface area contributed by atoms with Crippen molar-refractivity contribution in [1.29, 1.82) is 0 Å². The van der Waals surface area contributed by atoms with E-state index in [2.05, 4.69) is 5.32 Å². The third-order valence-corrected chi connectivity index (χ3v) is 4.30. The van der Waals surface area contributed by atoms with E-state index in [1.165, 1.54) is 6.07 Å². The Bertz CT molecular complexity index is 492. The standard InChI is InChI=1S/C10H9ClFNO2S/c1-5-4-16(15)9-2-6(11)7(12)3-8(9)13-10(5)14/h2-3,5H,4H2,1H3,(H,13,14). The molecule has 0 radical (unpaired) electrons. The molecule has 0 aliphatic carbocycles. The molecule has 1 heterocycles. The molecule has 16 heavy (non-hydrogen) atoms. The van der Waals surface area contributed by atoms with Crippen molar-refractivity contribution < 1.29 is 13.4 Å². The quantitative estimate of drug-likeness (QED) is 0.778. The summed E-state index contributed by atoms with van der Waals surface area (Å²) in [6, 6.07) is 2.41. The molecule has 3 nitrogen and oxygen atoms in total. The minimum Gasteiger partial charge on any atom is -0.325 e. The first-order valence-corrected chi connectivity index (χ1v) is 6.37. The Morgan fingerprint density at radius 2 is 2.25 bits per heavy atom. The highest BCUT2D eigenvalue weighted by Gasteiger charge is 2.25. The Hall–Kier alpha value is -0.940. The number of rotatable bonds is 0. The molecular weight excluding hydrogens is 253 g/mol. The molecule has 1 aromatic carbocycles. The monoisotopic (exact) mass is 261 g/mol. The van der Waals surface area contributed by atoms with Gasteiger partial charge in [-0.15, -0.1) is 0 Å². The fraction of sp³-hybridized carbons (Fsp3) is 0.300. The lowest BCUT2D eigenvalue weighted by Gasteiger charge is -2.07. The van der Waals surface area contributed by atoms with Gasteiger partial charge in [0.15, 0.2) is 0 Å². The largest absolute Gasteiger partial charge is 0.325 e. The molecule has 6 heteroatoms. The van der Waals surface area contributed by atoms with Gasteiger partial charge in [0.05, 0.1) is 26.4 Å². The van der Waals surface area contributed by atoms with Crippen molar-refractivity contribution >= 4 is 34.0 Å². The maximum absolute atomic E-state index is 13.2. The molecule has 2 atom stereocenters. The van der Waals surface area contributed by atoms with Gasteiger partial charge in [0.2, 0.25) is 5.91 Å². The number of hydrogen-bond acceptors (Lipinski definition) is 2. The smallest absolute Gasteiger partial charge is 0.228 e. The second-order valence-corrected chi connectivity index (χ2v) is 5.54. The van der Waals surface area contributed by atoms with Crippen LogP contribution >= 0.6 is 11.6 Å². The first-order valence-electron chi connectivity index (χ1n) is 4.67. The van der Waals surface area contributed by atoms with Crippen LogP contribution in [0, 0.1) is 11.7 Å². The molecule has 2 unspecified atom stereocenters. The van der Waals surface area contributed by atoms with Crippen LogP contribution in [0.1, 0.15) is 6.92 Å². The number of fused-ring (bicyclic) bond motifs is 1. The fourth-order valence-electron chi connectivity index (χ4n) is 1.46. The zero-order chi connectivity index (χ0) is 11.9. The Labute approximate surface area is 99.4 Å². The summed E-state index contributed by atoms with van der Waals surface area (Å²) in [6.07, 6.45) is 0. The Morgan fingerprint density at radius 1 is 1.56 bits per heavy atom. The SMILES string of the molecule is CC1CS(=O)c2cc(Cl)c(F)cc2NC1=O. The van der Waals surface area contributed by atoms with Crippen molar-refractivity contribution in [3.05, 3.63) is 23.0 Å². The summed E-state index contributed by atoms with van der Waals surface area (Å²) >= 11 is 5.61. The van der Waals surface area contributed by atoms with Gasteiger partial charge < -0.3 is 5.32 Å². The molecule has 1 N–H and O–H groups in total. The van der Waals surface area contributed by atoms with Gasteiger partial charge in [-0.1, -0.05) is 18.5 Å². The van der Waals surface area contributed by atoms with Gasteiger partial charge in [-0.05, 0) is 6.07 Å². The zero-order valence-electron chi connectivity index (χ0n) is 8.42. The van der Waals surface area contributed by atoms with E-state index >= 15 is 0 Å². The van der Waals surface area contributed by atoms with Crippen LogP contribution in [-0.2, 0) is 15.6 Å². The van der Waals surface area contributed by atoms with Gasteiger partial charge in [0.1, 0.15) is 5.82 Å². The van der Waals surface area contributed by atoms with E-state index in [0.29, 0.717) is 4.90 Å². The van der Waals surface area contributed by atoms with Crippen LogP contribution in [0.2, 0.25) is 5.02 Å². The number of halogens is 2. The number of amides is 1. The van der Waals surface area contributed by atoms with E-state index in [4.69, 9.17) is 11.6 Å². The zero-order valence-corrected chi connectivity index (χ0v) is 9.99. The first-order chi connectivity index (χ1) is 7.49. The topological polar surface area (TPSA) is 46.2 Å². The van der Waals surface area contributed by atoms with Crippen LogP contribution in [0.25, 0.3) is 0 Å². The van der Waals surface area contributed by atoms with Crippen LogP contribution in [0.3, 0.4) is 0 Å². The normalized spacial score (nSPS) is 24.6. The molecule has 0 spiro atoms. The maximum Gasteiger partial charge on any atom is 0.228 e. The predicted molar refractivity (Wildman–Crippen MR) is 60.5 cm³/mol. The second kappa shape index (κ2) is 4.14. The average molecular weight is 262 g/mol. The van der Waals surface area contributed by atoms with Crippen LogP contribution in [-0.4, -0.2) is 15.9 Å². The maximum atomic E-state index is 13.2. The number of carbonyl (C=O) groups excluding carboxylic acids is 1. The molecule has 1 aliphatic heterocycles. The minimum atomic E-state index is -1.34. The molecule has 0 saturated heterocycles. The molecular formula is C10H9ClFNO2S. The van der Waals surface area contributed by atoms with Crippen LogP contribution in [0.15, 0.2) is 17.0 Å². The third-order valence-electron chi connectivity index (χ3n) is 2.37. The summed E-state index contributed by atoms with van der Waals surface area (Å²) in [5.41, 5.74) is 0.245. The highest BCUT2D eigenvalue weighted by molar-refractivity contribution is 7.85. The van der Waals surface area contributed by atoms with Crippen molar-refractivity contribution in [1.82, 2.24) is 0 Å². The van der Waals surface area contributed by atoms with Gasteiger partial charge in [-0.25, -0.2) is 4.39 Å². The number of benzene rings is 1. The van der Waals surface area contributed by atoms with Gasteiger partial charge in [-0.3, -0.25) is 9.00 Å². The molecule has 1 aliphatic rings. The van der Waals surface area contributed by atoms with E-state index in [9.17, 15) is 13.4 Å². The van der Waals surface area contributed by atoms with Gasteiger partial charge in [0.25, 0.3) is 0 Å². The summed E-state index contributed by atoms with van der Waals surface area (Å²) < 4.78 is 25.1. The molecule has 0 bridgehead atoms. The second-order valence-electron chi connectivity index (χ2n) is 3.66. The highest BCUT2D eigenvalue weighted by Crippen LogP contribution is 2.30. The summed E-state index contributed by atoms with van der Waals surface area (Å²) in [5, 5.41) is 2.45. The van der Waals surface area contributed by atoms with Crippen molar-refractivity contribution in [3.8, 4) is 0 Å². The van der Waals surface area contributed by atoms with E-state index in [0.717, 1.165) is 6.07 Å². The molecule has 1 amide bonds. The molecule has 86 valence electrons. The van der Waals surface area contributed by atoms with Crippen molar-refractivity contribution in [2.24, 2.45) is 5.92 Å². The lowest BCUT2D eigenvalue weighted by Crippen LogP contribution is -2.21. The lowest BCUT2D eigenvalue weighted by atomic mass is 10.2. The Balaban J connectivity index is 2.56. The number of carbonyl (C=O) groups is 1. The van der Waals surface area contributed by atoms with Crippen molar-refractivity contribution in [3.63, 3.8) is 0 Å². The summed E-state index contributed by atoms with van der Waals surface area (Å²) in [7, 11) is -1.34. The van der Waals surface area contributed by atoms with Crippen LogP contribution < -0.4 is 5.32 Å².